The summed E-state index contributed by atoms with van der Waals surface area (Å²) in [6.45, 7) is 0.809. The lowest BCUT2D eigenvalue weighted by molar-refractivity contribution is -0.159. The minimum atomic E-state index is -4.43. The van der Waals surface area contributed by atoms with E-state index < -0.39 is 32.9 Å². The van der Waals surface area contributed by atoms with Crippen molar-refractivity contribution in [3.05, 3.63) is 64.1 Å². The molecule has 0 spiro atoms. The van der Waals surface area contributed by atoms with Gasteiger partial charge in [0, 0.05) is 16.6 Å². The van der Waals surface area contributed by atoms with Gasteiger partial charge in [-0.2, -0.15) is 4.31 Å². The van der Waals surface area contributed by atoms with Gasteiger partial charge in [0.2, 0.25) is 10.0 Å². The van der Waals surface area contributed by atoms with Crippen molar-refractivity contribution >= 4 is 45.2 Å². The summed E-state index contributed by atoms with van der Waals surface area (Å²) < 4.78 is 27.4. The highest BCUT2D eigenvalue weighted by molar-refractivity contribution is 7.89. The monoisotopic (exact) mass is 457 g/mol. The minimum absolute atomic E-state index is 0.0554. The van der Waals surface area contributed by atoms with Crippen molar-refractivity contribution in [3.8, 4) is 0 Å². The number of sulfonamides is 1. The van der Waals surface area contributed by atoms with Crippen LogP contribution in [0, 0.1) is 0 Å². The van der Waals surface area contributed by atoms with Crippen LogP contribution in [0.5, 0.6) is 0 Å². The van der Waals surface area contributed by atoms with E-state index in [9.17, 15) is 28.2 Å². The van der Waals surface area contributed by atoms with Crippen molar-refractivity contribution in [2.45, 2.75) is 29.2 Å². The molecule has 2 aromatic carbocycles. The van der Waals surface area contributed by atoms with Crippen molar-refractivity contribution in [2.24, 2.45) is 0 Å². The molecule has 1 unspecified atom stereocenters. The molecule has 1 heterocycles. The van der Waals surface area contributed by atoms with Crippen molar-refractivity contribution in [1.29, 1.82) is 0 Å². The fourth-order valence-electron chi connectivity index (χ4n) is 3.99. The Balaban J connectivity index is 2.27. The van der Waals surface area contributed by atoms with Gasteiger partial charge < -0.3 is 10.2 Å². The molecule has 10 heteroatoms. The van der Waals surface area contributed by atoms with Crippen molar-refractivity contribution in [1.82, 2.24) is 4.31 Å². The lowest BCUT2D eigenvalue weighted by atomic mass is 9.66. The highest BCUT2D eigenvalue weighted by Crippen LogP contribution is 2.50. The number of carboxylic acid groups (broad SMARTS) is 2. The van der Waals surface area contributed by atoms with Crippen LogP contribution in [-0.4, -0.2) is 47.0 Å². The van der Waals surface area contributed by atoms with Crippen LogP contribution in [0.2, 0.25) is 10.0 Å². The van der Waals surface area contributed by atoms with E-state index >= 15 is 0 Å². The van der Waals surface area contributed by atoms with E-state index in [2.05, 4.69) is 0 Å². The smallest absolute Gasteiger partial charge is 0.326 e. The van der Waals surface area contributed by atoms with Gasteiger partial charge in [0.1, 0.15) is 5.41 Å². The quantitative estimate of drug-likeness (QED) is 0.712. The second-order valence-electron chi connectivity index (χ2n) is 6.89. The lowest BCUT2D eigenvalue weighted by Crippen LogP contribution is -2.63. The molecule has 2 atom stereocenters. The van der Waals surface area contributed by atoms with E-state index in [4.69, 9.17) is 23.2 Å². The summed E-state index contributed by atoms with van der Waals surface area (Å²) in [7, 11) is -4.43. The van der Waals surface area contributed by atoms with Gasteiger partial charge in [0.05, 0.1) is 4.90 Å². The zero-order chi connectivity index (χ0) is 21.6. The van der Waals surface area contributed by atoms with Gasteiger partial charge in [0.15, 0.2) is 5.54 Å². The zero-order valence-electron chi connectivity index (χ0n) is 15.2. The Kier molecular flexibility index (Phi) is 5.42. The molecular formula is C19H17Cl2NO6S. The maximum Gasteiger partial charge on any atom is 0.326 e. The van der Waals surface area contributed by atoms with Gasteiger partial charge in [-0.25, -0.2) is 8.42 Å². The number of hydrogen-bond acceptors (Lipinski definition) is 4. The number of carbonyl (C=O) groups is 2. The van der Waals surface area contributed by atoms with E-state index in [1.54, 1.807) is 18.2 Å². The molecule has 1 fully saturated rings. The summed E-state index contributed by atoms with van der Waals surface area (Å²) in [6.07, 6.45) is -0.220. The predicted molar refractivity (Wildman–Crippen MR) is 107 cm³/mol. The highest BCUT2D eigenvalue weighted by Gasteiger charge is 2.69. The number of nitrogens with zero attached hydrogens (tertiary/aromatic N) is 1. The number of aliphatic carboxylic acids is 2. The van der Waals surface area contributed by atoms with Gasteiger partial charge >= 0.3 is 11.9 Å². The summed E-state index contributed by atoms with van der Waals surface area (Å²) in [4.78, 5) is 24.5. The first-order valence-corrected chi connectivity index (χ1v) is 10.7. The van der Waals surface area contributed by atoms with E-state index in [-0.39, 0.29) is 33.5 Å². The Bertz CT molecular complexity index is 1070. The van der Waals surface area contributed by atoms with Crippen LogP contribution in [0.15, 0.2) is 53.4 Å². The van der Waals surface area contributed by atoms with Crippen LogP contribution in [-0.2, 0) is 25.0 Å². The molecular weight excluding hydrogens is 441 g/mol. The number of hydrogen-bond donors (Lipinski definition) is 2. The maximum absolute atomic E-state index is 13.4. The van der Waals surface area contributed by atoms with E-state index in [1.807, 2.05) is 0 Å². The first-order chi connectivity index (χ1) is 13.5. The predicted octanol–water partition coefficient (Wildman–Crippen LogP) is 3.25. The topological polar surface area (TPSA) is 112 Å². The molecule has 0 radical (unpaired) electrons. The SMILES string of the molecule is C[C@]1(C(=O)O)N(S(=O)(=O)c2cc(Cl)cc(Cl)c2)CCC1(C(=O)O)c1ccccc1. The Hall–Kier alpha value is -2.13. The summed E-state index contributed by atoms with van der Waals surface area (Å²) in [6, 6.07) is 11.4. The molecule has 7 nitrogen and oxygen atoms in total. The summed E-state index contributed by atoms with van der Waals surface area (Å²) in [5.41, 5.74) is -4.08. The molecule has 0 saturated carbocycles. The van der Waals surface area contributed by atoms with Crippen LogP contribution in [0.3, 0.4) is 0 Å². The molecule has 154 valence electrons. The Morgan fingerprint density at radius 3 is 2.03 bits per heavy atom. The lowest BCUT2D eigenvalue weighted by Gasteiger charge is -2.41. The van der Waals surface area contributed by atoms with Gasteiger partial charge in [-0.3, -0.25) is 9.59 Å². The third-order valence-corrected chi connectivity index (χ3v) is 7.89. The highest BCUT2D eigenvalue weighted by atomic mass is 35.5. The molecule has 3 rings (SSSR count). The average Bonchev–Trinajstić information content (AvgIpc) is 2.98. The van der Waals surface area contributed by atoms with Crippen molar-refractivity contribution in [3.63, 3.8) is 0 Å². The van der Waals surface area contributed by atoms with Gasteiger partial charge in [-0.1, -0.05) is 53.5 Å². The molecule has 1 aliphatic rings. The first kappa shape index (κ1) is 21.6. The van der Waals surface area contributed by atoms with Crippen LogP contribution >= 0.6 is 23.2 Å². The summed E-state index contributed by atoms with van der Waals surface area (Å²) in [5, 5.41) is 20.3. The largest absolute Gasteiger partial charge is 0.481 e. The van der Waals surface area contributed by atoms with Crippen molar-refractivity contribution in [2.75, 3.05) is 6.54 Å². The number of rotatable bonds is 5. The van der Waals surface area contributed by atoms with E-state index in [1.165, 1.54) is 18.2 Å². The van der Waals surface area contributed by atoms with E-state index in [0.717, 1.165) is 19.1 Å². The van der Waals surface area contributed by atoms with Crippen LogP contribution < -0.4 is 0 Å². The van der Waals surface area contributed by atoms with Gasteiger partial charge in [-0.15, -0.1) is 0 Å². The third-order valence-electron chi connectivity index (χ3n) is 5.49. The molecule has 0 aliphatic carbocycles. The third kappa shape index (κ3) is 3.11. The fraction of sp³-hybridized carbons (Fsp3) is 0.263. The van der Waals surface area contributed by atoms with Crippen LogP contribution in [0.1, 0.15) is 18.9 Å². The van der Waals surface area contributed by atoms with Crippen molar-refractivity contribution < 1.29 is 28.2 Å². The molecule has 0 bridgehead atoms. The molecule has 0 aromatic heterocycles. The Morgan fingerprint density at radius 2 is 1.55 bits per heavy atom. The Labute approximate surface area is 177 Å². The molecule has 1 saturated heterocycles. The number of carboxylic acids is 2. The molecule has 0 amide bonds. The van der Waals surface area contributed by atoms with Crippen LogP contribution in [0.4, 0.5) is 0 Å². The second-order valence-corrected chi connectivity index (χ2v) is 9.62. The van der Waals surface area contributed by atoms with E-state index in [0.29, 0.717) is 4.31 Å². The zero-order valence-corrected chi connectivity index (χ0v) is 17.5. The standard InChI is InChI=1S/C19H17Cl2NO6S/c1-18(16(23)24)19(17(25)26,12-5-3-2-4-6-12)7-8-22(18)29(27,28)15-10-13(20)9-14(21)11-15/h2-6,9-11H,7-8H2,1H3,(H,23,24)(H,25,26)/t18-,19?/m1/s1. The van der Waals surface area contributed by atoms with Gasteiger partial charge in [-0.05, 0) is 37.1 Å². The minimum Gasteiger partial charge on any atom is -0.481 e. The summed E-state index contributed by atoms with van der Waals surface area (Å²) >= 11 is 11.8. The summed E-state index contributed by atoms with van der Waals surface area (Å²) in [5.74, 6) is -2.99. The molecule has 2 N–H and O–H groups in total. The maximum atomic E-state index is 13.4. The first-order valence-electron chi connectivity index (χ1n) is 8.49. The second kappa shape index (κ2) is 7.28. The molecule has 29 heavy (non-hydrogen) atoms. The van der Waals surface area contributed by atoms with Gasteiger partial charge in [0.25, 0.3) is 0 Å². The molecule has 2 aromatic rings. The number of halogens is 2. The van der Waals surface area contributed by atoms with Crippen LogP contribution in [0.25, 0.3) is 0 Å². The molecule has 1 aliphatic heterocycles. The number of benzene rings is 2. The fourth-order valence-corrected chi connectivity index (χ4v) is 6.50. The normalized spacial score (nSPS) is 25.1. The average molecular weight is 458 g/mol. The Morgan fingerprint density at radius 1 is 1.00 bits per heavy atom.